The van der Waals surface area contributed by atoms with E-state index >= 15 is 0 Å². The fourth-order valence-corrected chi connectivity index (χ4v) is 4.48. The van der Waals surface area contributed by atoms with Crippen LogP contribution in [-0.2, 0) is 11.2 Å². The molecule has 31 heavy (non-hydrogen) atoms. The van der Waals surface area contributed by atoms with Gasteiger partial charge in [-0.25, -0.2) is 0 Å². The van der Waals surface area contributed by atoms with Crippen molar-refractivity contribution in [3.63, 3.8) is 0 Å². The maximum atomic E-state index is 11.2. The zero-order chi connectivity index (χ0) is 22.4. The molecule has 0 amide bonds. The lowest BCUT2D eigenvalue weighted by Gasteiger charge is -2.12. The van der Waals surface area contributed by atoms with Gasteiger partial charge in [-0.15, -0.1) is 11.8 Å². The van der Waals surface area contributed by atoms with E-state index in [2.05, 4.69) is 12.1 Å². The zero-order valence-corrected chi connectivity index (χ0v) is 19.7. The fraction of sp³-hybridized carbons (Fsp3) is 0.391. The third kappa shape index (κ3) is 5.46. The number of rotatable bonds is 10. The number of hydrogen-bond acceptors (Lipinski definition) is 7. The predicted molar refractivity (Wildman–Crippen MR) is 123 cm³/mol. The molecule has 3 aromatic rings. The summed E-state index contributed by atoms with van der Waals surface area (Å²) in [7, 11) is 1.58. The minimum absolute atomic E-state index is 0.360. The number of halogens is 1. The van der Waals surface area contributed by atoms with Crippen LogP contribution < -0.4 is 14.2 Å². The van der Waals surface area contributed by atoms with Crippen molar-refractivity contribution in [2.45, 2.75) is 44.9 Å². The van der Waals surface area contributed by atoms with E-state index in [-0.39, 0.29) is 5.97 Å². The summed E-state index contributed by atoms with van der Waals surface area (Å²) < 4.78 is 22.0. The minimum atomic E-state index is -0.360. The normalized spacial score (nSPS) is 11.0. The summed E-state index contributed by atoms with van der Waals surface area (Å²) in [6, 6.07) is 7.53. The van der Waals surface area contributed by atoms with E-state index in [1.807, 2.05) is 25.1 Å². The van der Waals surface area contributed by atoms with Gasteiger partial charge in [0.15, 0.2) is 5.58 Å². The lowest BCUT2D eigenvalue weighted by Crippen LogP contribution is -2.03. The number of methoxy groups -OCH3 is 1. The van der Waals surface area contributed by atoms with Crippen LogP contribution in [0.5, 0.6) is 17.4 Å². The highest BCUT2D eigenvalue weighted by atomic mass is 35.5. The van der Waals surface area contributed by atoms with Gasteiger partial charge in [0.25, 0.3) is 5.88 Å². The molecular weight excluding hydrogens is 438 g/mol. The Morgan fingerprint density at radius 2 is 2.00 bits per heavy atom. The smallest absolute Gasteiger partial charge is 0.308 e. The van der Waals surface area contributed by atoms with Crippen molar-refractivity contribution < 1.29 is 23.5 Å². The molecule has 0 aliphatic carbocycles. The summed E-state index contributed by atoms with van der Waals surface area (Å²) in [5, 5.41) is 5.45. The zero-order valence-electron chi connectivity index (χ0n) is 18.1. The molecule has 166 valence electrons. The Morgan fingerprint density at radius 1 is 1.23 bits per heavy atom. The van der Waals surface area contributed by atoms with Crippen molar-refractivity contribution >= 4 is 40.3 Å². The molecule has 6 nitrogen and oxygen atoms in total. The molecule has 0 radical (unpaired) electrons. The van der Waals surface area contributed by atoms with Crippen molar-refractivity contribution in [1.82, 2.24) is 5.16 Å². The first-order chi connectivity index (χ1) is 15.0. The Bertz CT molecular complexity index is 1070. The molecule has 0 saturated heterocycles. The Balaban J connectivity index is 1.59. The topological polar surface area (TPSA) is 70.8 Å². The quantitative estimate of drug-likeness (QED) is 0.152. The van der Waals surface area contributed by atoms with Crippen molar-refractivity contribution in [2.75, 3.05) is 19.5 Å². The van der Waals surface area contributed by atoms with E-state index in [1.54, 1.807) is 24.9 Å². The maximum absolute atomic E-state index is 11.2. The van der Waals surface area contributed by atoms with E-state index in [0.717, 1.165) is 57.8 Å². The number of ether oxygens (including phenoxy) is 3. The number of benzene rings is 2. The molecule has 1 heterocycles. The second-order valence-electron chi connectivity index (χ2n) is 7.01. The molecule has 2 aromatic carbocycles. The first-order valence-electron chi connectivity index (χ1n) is 10.1. The van der Waals surface area contributed by atoms with Crippen LogP contribution in [0.1, 0.15) is 37.8 Å². The molecule has 1 aromatic heterocycles. The molecule has 8 heteroatoms. The van der Waals surface area contributed by atoms with Gasteiger partial charge in [0.05, 0.1) is 24.1 Å². The van der Waals surface area contributed by atoms with Gasteiger partial charge in [0.2, 0.25) is 0 Å². The van der Waals surface area contributed by atoms with Gasteiger partial charge in [-0.3, -0.25) is 4.79 Å². The van der Waals surface area contributed by atoms with Crippen LogP contribution in [0.2, 0.25) is 5.02 Å². The van der Waals surface area contributed by atoms with Crippen LogP contribution in [0.4, 0.5) is 0 Å². The van der Waals surface area contributed by atoms with Gasteiger partial charge in [-0.1, -0.05) is 24.9 Å². The molecular formula is C23H26ClNO5S. The molecule has 0 aliphatic rings. The Morgan fingerprint density at radius 3 is 2.71 bits per heavy atom. The number of carbonyl (C=O) groups is 1. The molecule has 3 rings (SSSR count). The summed E-state index contributed by atoms with van der Waals surface area (Å²) in [5.74, 6) is 2.28. The lowest BCUT2D eigenvalue weighted by atomic mass is 10.1. The predicted octanol–water partition coefficient (Wildman–Crippen LogP) is 6.24. The maximum Gasteiger partial charge on any atom is 0.308 e. The van der Waals surface area contributed by atoms with Crippen LogP contribution in [0.25, 0.3) is 11.0 Å². The number of carbonyl (C=O) groups excluding carboxylic acids is 1. The molecule has 0 bridgehead atoms. The van der Waals surface area contributed by atoms with Gasteiger partial charge in [-0.2, -0.15) is 0 Å². The number of nitrogens with zero attached hydrogens (tertiary/aromatic N) is 1. The van der Waals surface area contributed by atoms with Crippen LogP contribution in [0.15, 0.2) is 33.7 Å². The van der Waals surface area contributed by atoms with E-state index in [0.29, 0.717) is 23.3 Å². The molecule has 0 spiro atoms. The average Bonchev–Trinajstić information content (AvgIpc) is 3.17. The van der Waals surface area contributed by atoms with E-state index in [4.69, 9.17) is 30.3 Å². The van der Waals surface area contributed by atoms with Gasteiger partial charge >= 0.3 is 5.97 Å². The number of thioether (sulfide) groups is 1. The minimum Gasteiger partial charge on any atom is -0.493 e. The van der Waals surface area contributed by atoms with E-state index < -0.39 is 0 Å². The van der Waals surface area contributed by atoms with Crippen LogP contribution in [-0.4, -0.2) is 30.6 Å². The third-order valence-corrected chi connectivity index (χ3v) is 6.46. The van der Waals surface area contributed by atoms with Crippen molar-refractivity contribution in [3.05, 3.63) is 40.4 Å². The van der Waals surface area contributed by atoms with Crippen LogP contribution >= 0.6 is 23.4 Å². The van der Waals surface area contributed by atoms with Crippen molar-refractivity contribution in [2.24, 2.45) is 0 Å². The largest absolute Gasteiger partial charge is 0.493 e. The Kier molecular flexibility index (Phi) is 8.09. The second-order valence-corrected chi connectivity index (χ2v) is 8.52. The molecule has 0 N–H and O–H groups in total. The molecule has 0 atom stereocenters. The summed E-state index contributed by atoms with van der Waals surface area (Å²) in [6.07, 6.45) is 2.65. The number of aryl methyl sites for hydroxylation is 1. The molecule has 0 saturated carbocycles. The van der Waals surface area contributed by atoms with Crippen LogP contribution in [0.3, 0.4) is 0 Å². The summed E-state index contributed by atoms with van der Waals surface area (Å²) >= 11 is 8.10. The number of esters is 1. The highest BCUT2D eigenvalue weighted by molar-refractivity contribution is 7.99. The lowest BCUT2D eigenvalue weighted by molar-refractivity contribution is -0.131. The van der Waals surface area contributed by atoms with Gasteiger partial charge < -0.3 is 18.7 Å². The Hall–Kier alpha value is -2.38. The van der Waals surface area contributed by atoms with E-state index in [9.17, 15) is 4.79 Å². The molecule has 0 aliphatic heterocycles. The van der Waals surface area contributed by atoms with Crippen molar-refractivity contribution in [3.8, 4) is 17.4 Å². The first kappa shape index (κ1) is 23.3. The third-order valence-electron chi connectivity index (χ3n) is 4.72. The second kappa shape index (κ2) is 10.8. The summed E-state index contributed by atoms with van der Waals surface area (Å²) in [5.41, 5.74) is 2.50. The highest BCUT2D eigenvalue weighted by Crippen LogP contribution is 2.36. The van der Waals surface area contributed by atoms with Crippen molar-refractivity contribution in [1.29, 1.82) is 0 Å². The molecule has 0 fully saturated rings. The number of aromatic nitrogens is 1. The summed E-state index contributed by atoms with van der Waals surface area (Å²) in [6.45, 7) is 5.91. The fourth-order valence-electron chi connectivity index (χ4n) is 3.23. The number of fused-ring (bicyclic) bond motifs is 1. The van der Waals surface area contributed by atoms with Crippen LogP contribution in [0, 0.1) is 6.92 Å². The SMILES string of the molecule is CCCc1c(OCCCSc2ccc(OC(C)=O)c(C)c2Cl)ccc2c(OC)noc12. The standard InChI is InChI=1S/C23H26ClNO5S/c1-5-7-16-19(9-8-17-22(16)30-25-23(17)27-4)28-12-6-13-31-20-11-10-18(29-15(3)26)14(2)21(20)24/h8-11H,5-7,12-13H2,1-4H3. The van der Waals surface area contributed by atoms with Gasteiger partial charge in [-0.05, 0) is 49.2 Å². The summed E-state index contributed by atoms with van der Waals surface area (Å²) in [4.78, 5) is 12.1. The van der Waals surface area contributed by atoms with Gasteiger partial charge in [0, 0.05) is 28.7 Å². The first-order valence-corrected chi connectivity index (χ1v) is 11.5. The Labute approximate surface area is 191 Å². The monoisotopic (exact) mass is 463 g/mol. The molecule has 0 unspecified atom stereocenters. The highest BCUT2D eigenvalue weighted by Gasteiger charge is 2.17. The number of hydrogen-bond donors (Lipinski definition) is 0. The van der Waals surface area contributed by atoms with E-state index in [1.165, 1.54) is 6.92 Å². The average molecular weight is 464 g/mol. The van der Waals surface area contributed by atoms with Gasteiger partial charge in [0.1, 0.15) is 11.5 Å².